The molecule has 4 nitrogen and oxygen atoms in total. The number of rotatable bonds is 4. The average molecular weight is 300 g/mol. The number of hydrogen-bond acceptors (Lipinski definition) is 4. The molecule has 0 saturated carbocycles. The predicted octanol–water partition coefficient (Wildman–Crippen LogP) is 3.74. The normalized spacial score (nSPS) is 11.2. The lowest BCUT2D eigenvalue weighted by atomic mass is 10.0. The quantitative estimate of drug-likeness (QED) is 0.737. The van der Waals surface area contributed by atoms with Gasteiger partial charge in [-0.05, 0) is 28.5 Å². The van der Waals surface area contributed by atoms with Crippen LogP contribution in [0.3, 0.4) is 0 Å². The molecule has 0 unspecified atom stereocenters. The van der Waals surface area contributed by atoms with E-state index in [4.69, 9.17) is 4.42 Å². The van der Waals surface area contributed by atoms with Gasteiger partial charge in [0.1, 0.15) is 0 Å². The summed E-state index contributed by atoms with van der Waals surface area (Å²) < 4.78 is 6.56. The van der Waals surface area contributed by atoms with E-state index in [2.05, 4.69) is 31.1 Å². The molecule has 3 rings (SSSR count). The minimum Gasteiger partial charge on any atom is -0.387 e. The first-order chi connectivity index (χ1) is 10.1. The Balaban J connectivity index is 1.83. The van der Waals surface area contributed by atoms with Crippen LogP contribution >= 0.6 is 11.3 Å². The lowest BCUT2D eigenvalue weighted by molar-refractivity contribution is 0.495. The van der Waals surface area contributed by atoms with Gasteiger partial charge >= 0.3 is 5.76 Å². The lowest BCUT2D eigenvalue weighted by Gasteiger charge is -2.06. The molecular weight excluding hydrogens is 284 g/mol. The van der Waals surface area contributed by atoms with Crippen LogP contribution in [0.25, 0.3) is 10.8 Å². The highest BCUT2D eigenvalue weighted by atomic mass is 32.1. The largest absolute Gasteiger partial charge is 0.437 e. The summed E-state index contributed by atoms with van der Waals surface area (Å²) in [5, 5.41) is 6.18. The number of nitrogens with zero attached hydrogens (tertiary/aromatic N) is 2. The molecule has 0 atom stereocenters. The molecule has 0 radical (unpaired) electrons. The van der Waals surface area contributed by atoms with Crippen molar-refractivity contribution in [2.75, 3.05) is 0 Å². The predicted molar refractivity (Wildman–Crippen MR) is 83.7 cm³/mol. The summed E-state index contributed by atoms with van der Waals surface area (Å²) in [4.78, 5) is 12.7. The molecule has 2 aromatic heterocycles. The van der Waals surface area contributed by atoms with Crippen molar-refractivity contribution in [3.05, 3.63) is 63.5 Å². The molecule has 0 bridgehead atoms. The van der Waals surface area contributed by atoms with E-state index in [0.717, 1.165) is 10.4 Å². The van der Waals surface area contributed by atoms with Crippen molar-refractivity contribution in [2.24, 2.45) is 0 Å². The van der Waals surface area contributed by atoms with Crippen molar-refractivity contribution in [3.8, 4) is 10.8 Å². The van der Waals surface area contributed by atoms with E-state index in [0.29, 0.717) is 18.4 Å². The molecule has 1 aromatic carbocycles. The minimum absolute atomic E-state index is 0.383. The first-order valence-electron chi connectivity index (χ1n) is 6.84. The third-order valence-electron chi connectivity index (χ3n) is 3.32. The summed E-state index contributed by atoms with van der Waals surface area (Å²) in [5.74, 6) is 0.458. The molecule has 0 amide bonds. The maximum Gasteiger partial charge on any atom is 0.437 e. The Morgan fingerprint density at radius 2 is 2.00 bits per heavy atom. The first kappa shape index (κ1) is 13.8. The maximum absolute atomic E-state index is 11.9. The van der Waals surface area contributed by atoms with Crippen molar-refractivity contribution < 1.29 is 4.42 Å². The van der Waals surface area contributed by atoms with E-state index < -0.39 is 5.76 Å². The zero-order chi connectivity index (χ0) is 14.8. The van der Waals surface area contributed by atoms with Crippen molar-refractivity contribution in [2.45, 2.75) is 26.3 Å². The van der Waals surface area contributed by atoms with Gasteiger partial charge in [-0.15, -0.1) is 16.4 Å². The van der Waals surface area contributed by atoms with Crippen LogP contribution in [0.15, 0.2) is 51.0 Å². The first-order valence-corrected chi connectivity index (χ1v) is 7.72. The molecule has 21 heavy (non-hydrogen) atoms. The molecule has 0 saturated heterocycles. The molecule has 2 heterocycles. The van der Waals surface area contributed by atoms with Crippen LogP contribution in [-0.4, -0.2) is 9.78 Å². The standard InChI is InChI=1S/C16H16N2O2S/c1-11(2)13-7-5-12(6-8-13)10-18-16(19)20-15(17-18)14-4-3-9-21-14/h3-9,11H,10H2,1-2H3. The van der Waals surface area contributed by atoms with Gasteiger partial charge in [0.15, 0.2) is 0 Å². The molecule has 0 spiro atoms. The molecule has 5 heteroatoms. The van der Waals surface area contributed by atoms with E-state index in [1.165, 1.54) is 21.6 Å². The van der Waals surface area contributed by atoms with Gasteiger partial charge in [0.2, 0.25) is 0 Å². The van der Waals surface area contributed by atoms with E-state index >= 15 is 0 Å². The van der Waals surface area contributed by atoms with Gasteiger partial charge in [-0.3, -0.25) is 0 Å². The Kier molecular flexibility index (Phi) is 3.75. The number of hydrogen-bond donors (Lipinski definition) is 0. The second-order valence-corrected chi connectivity index (χ2v) is 6.15. The van der Waals surface area contributed by atoms with Crippen LogP contribution in [0.5, 0.6) is 0 Å². The number of aromatic nitrogens is 2. The molecule has 0 N–H and O–H groups in total. The summed E-state index contributed by atoms with van der Waals surface area (Å²) in [7, 11) is 0. The fourth-order valence-corrected chi connectivity index (χ4v) is 2.73. The molecule has 0 aliphatic rings. The Morgan fingerprint density at radius 1 is 1.24 bits per heavy atom. The van der Waals surface area contributed by atoms with Crippen molar-refractivity contribution in [1.82, 2.24) is 9.78 Å². The smallest absolute Gasteiger partial charge is 0.387 e. The van der Waals surface area contributed by atoms with Crippen LogP contribution in [0.4, 0.5) is 0 Å². The zero-order valence-electron chi connectivity index (χ0n) is 11.9. The van der Waals surface area contributed by atoms with Crippen LogP contribution < -0.4 is 5.76 Å². The average Bonchev–Trinajstić information content (AvgIpc) is 3.10. The van der Waals surface area contributed by atoms with Gasteiger partial charge in [0.25, 0.3) is 5.89 Å². The van der Waals surface area contributed by atoms with E-state index in [-0.39, 0.29) is 0 Å². The van der Waals surface area contributed by atoms with E-state index in [1.807, 2.05) is 29.6 Å². The Bertz CT molecular complexity index is 767. The SMILES string of the molecule is CC(C)c1ccc(Cn2nc(-c3cccs3)oc2=O)cc1. The van der Waals surface area contributed by atoms with Gasteiger partial charge in [0.05, 0.1) is 11.4 Å². The molecule has 108 valence electrons. The summed E-state index contributed by atoms with van der Waals surface area (Å²) in [6, 6.07) is 12.0. The van der Waals surface area contributed by atoms with Crippen LogP contribution in [0, 0.1) is 0 Å². The fourth-order valence-electron chi connectivity index (χ4n) is 2.09. The van der Waals surface area contributed by atoms with E-state index in [1.54, 1.807) is 0 Å². The maximum atomic E-state index is 11.9. The highest BCUT2D eigenvalue weighted by Crippen LogP contribution is 2.21. The van der Waals surface area contributed by atoms with Crippen molar-refractivity contribution in [3.63, 3.8) is 0 Å². The van der Waals surface area contributed by atoms with Crippen LogP contribution in [0.2, 0.25) is 0 Å². The van der Waals surface area contributed by atoms with Crippen molar-refractivity contribution in [1.29, 1.82) is 0 Å². The second-order valence-electron chi connectivity index (χ2n) is 5.20. The Labute approximate surface area is 126 Å². The summed E-state index contributed by atoms with van der Waals surface area (Å²) in [6.07, 6.45) is 0. The third kappa shape index (κ3) is 2.97. The lowest BCUT2D eigenvalue weighted by Crippen LogP contribution is -2.16. The monoisotopic (exact) mass is 300 g/mol. The van der Waals surface area contributed by atoms with Crippen LogP contribution in [0.1, 0.15) is 30.9 Å². The summed E-state index contributed by atoms with van der Waals surface area (Å²) in [5.41, 5.74) is 2.32. The van der Waals surface area contributed by atoms with Gasteiger partial charge in [-0.25, -0.2) is 4.79 Å². The molecule has 0 fully saturated rings. The molecule has 0 aliphatic heterocycles. The number of benzene rings is 1. The Morgan fingerprint density at radius 3 is 2.62 bits per heavy atom. The van der Waals surface area contributed by atoms with Crippen molar-refractivity contribution >= 4 is 11.3 Å². The van der Waals surface area contributed by atoms with Gasteiger partial charge in [-0.1, -0.05) is 44.2 Å². The summed E-state index contributed by atoms with van der Waals surface area (Å²) >= 11 is 1.50. The third-order valence-corrected chi connectivity index (χ3v) is 4.17. The minimum atomic E-state index is -0.425. The van der Waals surface area contributed by atoms with E-state index in [9.17, 15) is 4.79 Å². The Hall–Kier alpha value is -2.14. The molecular formula is C16H16N2O2S. The molecule has 0 aliphatic carbocycles. The van der Waals surface area contributed by atoms with Gasteiger partial charge in [-0.2, -0.15) is 4.68 Å². The summed E-state index contributed by atoms with van der Waals surface area (Å²) in [6.45, 7) is 4.74. The topological polar surface area (TPSA) is 48.0 Å². The molecule has 3 aromatic rings. The highest BCUT2D eigenvalue weighted by molar-refractivity contribution is 7.13. The van der Waals surface area contributed by atoms with Gasteiger partial charge in [0, 0.05) is 0 Å². The fraction of sp³-hybridized carbons (Fsp3) is 0.250. The number of thiophene rings is 1. The highest BCUT2D eigenvalue weighted by Gasteiger charge is 2.11. The van der Waals surface area contributed by atoms with Gasteiger partial charge < -0.3 is 4.42 Å². The second kappa shape index (κ2) is 5.69. The van der Waals surface area contributed by atoms with Crippen LogP contribution in [-0.2, 0) is 6.54 Å². The zero-order valence-corrected chi connectivity index (χ0v) is 12.8.